The maximum Gasteiger partial charge on any atom is 0.192 e. The number of aliphatic hydroxyl groups is 1. The number of rotatable bonds is 8. The molecule has 4 heteroatoms. The monoisotopic (exact) mass is 274 g/mol. The summed E-state index contributed by atoms with van der Waals surface area (Å²) in [5, 5.41) is 10.7. The lowest BCUT2D eigenvalue weighted by molar-refractivity contribution is -0.0716. The fourth-order valence-electron chi connectivity index (χ4n) is 2.90. The van der Waals surface area contributed by atoms with Gasteiger partial charge in [0.1, 0.15) is 11.7 Å². The average Bonchev–Trinajstić information content (AvgIpc) is 3.10. The second-order valence-corrected chi connectivity index (χ2v) is 10.5. The molecule has 0 amide bonds. The molecule has 0 unspecified atom stereocenters. The Hall–Kier alpha value is 0.0969. The number of ether oxygens (including phenoxy) is 1. The van der Waals surface area contributed by atoms with Crippen molar-refractivity contribution in [3.8, 4) is 0 Å². The Labute approximate surface area is 113 Å². The molecule has 0 spiro atoms. The minimum atomic E-state index is -1.67. The van der Waals surface area contributed by atoms with Gasteiger partial charge in [0, 0.05) is 0 Å². The van der Waals surface area contributed by atoms with Crippen molar-refractivity contribution < 1.29 is 14.3 Å². The largest absolute Gasteiger partial charge is 0.411 e. The minimum Gasteiger partial charge on any atom is -0.411 e. The van der Waals surface area contributed by atoms with E-state index in [1.165, 1.54) is 0 Å². The van der Waals surface area contributed by atoms with Gasteiger partial charge in [-0.25, -0.2) is 0 Å². The Morgan fingerprint density at radius 2 is 1.67 bits per heavy atom. The highest BCUT2D eigenvalue weighted by atomic mass is 28.4. The standard InChI is InChI=1S/C14H30O3Si/c1-7-12(14(6,15)13-11(5)16-13)17-18(8-2,9-3)10-4/h11-13,15H,7-10H2,1-6H3/t11-,12-,13+,14-/m1/s1. The number of epoxide rings is 1. The Morgan fingerprint density at radius 3 is 1.94 bits per heavy atom. The van der Waals surface area contributed by atoms with Crippen molar-refractivity contribution in [2.45, 2.75) is 90.0 Å². The van der Waals surface area contributed by atoms with Gasteiger partial charge >= 0.3 is 0 Å². The third-order valence-electron chi connectivity index (χ3n) is 4.63. The van der Waals surface area contributed by atoms with Gasteiger partial charge in [-0.15, -0.1) is 0 Å². The molecular weight excluding hydrogens is 244 g/mol. The fourth-order valence-corrected chi connectivity index (χ4v) is 5.91. The summed E-state index contributed by atoms with van der Waals surface area (Å²) in [4.78, 5) is 0. The molecule has 1 aliphatic rings. The maximum atomic E-state index is 10.7. The van der Waals surface area contributed by atoms with Crippen molar-refractivity contribution in [3.05, 3.63) is 0 Å². The van der Waals surface area contributed by atoms with Crippen molar-refractivity contribution in [2.24, 2.45) is 0 Å². The van der Waals surface area contributed by atoms with Crippen molar-refractivity contribution in [3.63, 3.8) is 0 Å². The van der Waals surface area contributed by atoms with Crippen LogP contribution in [0.5, 0.6) is 0 Å². The topological polar surface area (TPSA) is 42.0 Å². The van der Waals surface area contributed by atoms with Gasteiger partial charge in [-0.05, 0) is 38.4 Å². The lowest BCUT2D eigenvalue weighted by Gasteiger charge is -2.39. The molecule has 3 nitrogen and oxygen atoms in total. The van der Waals surface area contributed by atoms with E-state index in [4.69, 9.17) is 9.16 Å². The van der Waals surface area contributed by atoms with Gasteiger partial charge in [-0.2, -0.15) is 0 Å². The SMILES string of the molecule is CC[C@@H](O[Si](CC)(CC)CC)[C@@](C)(O)[C@H]1O[C@@H]1C. The second kappa shape index (κ2) is 6.03. The van der Waals surface area contributed by atoms with Crippen LogP contribution in [-0.2, 0) is 9.16 Å². The van der Waals surface area contributed by atoms with Crippen LogP contribution in [0.4, 0.5) is 0 Å². The summed E-state index contributed by atoms with van der Waals surface area (Å²) in [6, 6.07) is 3.36. The van der Waals surface area contributed by atoms with Gasteiger partial charge in [-0.1, -0.05) is 27.7 Å². The lowest BCUT2D eigenvalue weighted by atomic mass is 9.92. The van der Waals surface area contributed by atoms with Crippen molar-refractivity contribution >= 4 is 8.32 Å². The third kappa shape index (κ3) is 3.16. The highest BCUT2D eigenvalue weighted by Crippen LogP contribution is 2.38. The first-order valence-electron chi connectivity index (χ1n) is 7.42. The Kier molecular flexibility index (Phi) is 5.41. The van der Waals surface area contributed by atoms with E-state index in [2.05, 4.69) is 27.7 Å². The van der Waals surface area contributed by atoms with Gasteiger partial charge < -0.3 is 14.3 Å². The highest BCUT2D eigenvalue weighted by Gasteiger charge is 2.54. The van der Waals surface area contributed by atoms with Crippen molar-refractivity contribution in [2.75, 3.05) is 0 Å². The first kappa shape index (κ1) is 16.2. The van der Waals surface area contributed by atoms with Gasteiger partial charge in [-0.3, -0.25) is 0 Å². The zero-order valence-electron chi connectivity index (χ0n) is 12.8. The molecule has 1 rings (SSSR count). The first-order valence-corrected chi connectivity index (χ1v) is 9.95. The van der Waals surface area contributed by atoms with E-state index in [0.717, 1.165) is 24.6 Å². The molecule has 0 saturated carbocycles. The molecule has 0 aromatic heterocycles. The summed E-state index contributed by atoms with van der Waals surface area (Å²) in [5.41, 5.74) is -0.855. The van der Waals surface area contributed by atoms with Crippen LogP contribution in [0.3, 0.4) is 0 Å². The molecule has 1 heterocycles. The van der Waals surface area contributed by atoms with E-state index in [1.807, 2.05) is 13.8 Å². The molecule has 0 radical (unpaired) electrons. The molecule has 0 bridgehead atoms. The summed E-state index contributed by atoms with van der Waals surface area (Å²) in [7, 11) is -1.67. The normalized spacial score (nSPS) is 28.8. The Balaban J connectivity index is 2.77. The Morgan fingerprint density at radius 1 is 1.22 bits per heavy atom. The van der Waals surface area contributed by atoms with Crippen LogP contribution in [-0.4, -0.2) is 37.3 Å². The molecule has 0 aromatic carbocycles. The van der Waals surface area contributed by atoms with Crippen LogP contribution < -0.4 is 0 Å². The highest BCUT2D eigenvalue weighted by molar-refractivity contribution is 6.73. The smallest absolute Gasteiger partial charge is 0.192 e. The summed E-state index contributed by atoms with van der Waals surface area (Å²) < 4.78 is 11.9. The fraction of sp³-hybridized carbons (Fsp3) is 1.00. The second-order valence-electron chi connectivity index (χ2n) is 5.75. The molecule has 1 saturated heterocycles. The Bertz CT molecular complexity index is 256. The van der Waals surface area contributed by atoms with E-state index < -0.39 is 13.9 Å². The quantitative estimate of drug-likeness (QED) is 0.545. The van der Waals surface area contributed by atoms with E-state index in [-0.39, 0.29) is 18.3 Å². The maximum absolute atomic E-state index is 10.7. The molecule has 18 heavy (non-hydrogen) atoms. The predicted octanol–water partition coefficient (Wildman–Crippen LogP) is 3.33. The van der Waals surface area contributed by atoms with E-state index in [1.54, 1.807) is 0 Å². The molecule has 1 N–H and O–H groups in total. The predicted molar refractivity (Wildman–Crippen MR) is 77.3 cm³/mol. The third-order valence-corrected chi connectivity index (χ3v) is 9.29. The molecule has 4 atom stereocenters. The van der Waals surface area contributed by atoms with E-state index in [9.17, 15) is 5.11 Å². The van der Waals surface area contributed by atoms with Gasteiger partial charge in [0.15, 0.2) is 8.32 Å². The van der Waals surface area contributed by atoms with Gasteiger partial charge in [0.05, 0.1) is 12.2 Å². The molecule has 1 aliphatic heterocycles. The number of hydrogen-bond acceptors (Lipinski definition) is 3. The average molecular weight is 274 g/mol. The van der Waals surface area contributed by atoms with Gasteiger partial charge in [0.25, 0.3) is 0 Å². The van der Waals surface area contributed by atoms with Crippen LogP contribution >= 0.6 is 0 Å². The lowest BCUT2D eigenvalue weighted by Crippen LogP contribution is -2.52. The van der Waals surface area contributed by atoms with Crippen LogP contribution in [0.15, 0.2) is 0 Å². The van der Waals surface area contributed by atoms with E-state index in [0.29, 0.717) is 0 Å². The van der Waals surface area contributed by atoms with Crippen molar-refractivity contribution in [1.82, 2.24) is 0 Å². The summed E-state index contributed by atoms with van der Waals surface area (Å²) in [6.07, 6.45) is 0.853. The zero-order chi connectivity index (χ0) is 14.0. The summed E-state index contributed by atoms with van der Waals surface area (Å²) in [6.45, 7) is 12.6. The zero-order valence-corrected chi connectivity index (χ0v) is 13.8. The van der Waals surface area contributed by atoms with Crippen LogP contribution in [0.2, 0.25) is 18.1 Å². The van der Waals surface area contributed by atoms with Crippen LogP contribution in [0, 0.1) is 0 Å². The molecule has 0 aromatic rings. The molecule has 0 aliphatic carbocycles. The molecule has 1 fully saturated rings. The summed E-state index contributed by atoms with van der Waals surface area (Å²) in [5.74, 6) is 0. The van der Waals surface area contributed by atoms with Gasteiger partial charge in [0.2, 0.25) is 0 Å². The van der Waals surface area contributed by atoms with Crippen LogP contribution in [0.1, 0.15) is 48.0 Å². The van der Waals surface area contributed by atoms with E-state index >= 15 is 0 Å². The molecule has 108 valence electrons. The van der Waals surface area contributed by atoms with Crippen molar-refractivity contribution in [1.29, 1.82) is 0 Å². The van der Waals surface area contributed by atoms with Crippen LogP contribution in [0.25, 0.3) is 0 Å². The summed E-state index contributed by atoms with van der Waals surface area (Å²) >= 11 is 0. The first-order chi connectivity index (χ1) is 8.36. The molecular formula is C14H30O3Si. The minimum absolute atomic E-state index is 0.0558. The number of hydrogen-bond donors (Lipinski definition) is 1.